The number of hydrogen-bond acceptors (Lipinski definition) is 10. The van der Waals surface area contributed by atoms with Crippen LogP contribution in [0.5, 0.6) is 5.75 Å². The number of nitrogens with zero attached hydrogens (tertiary/aromatic N) is 2. The van der Waals surface area contributed by atoms with Crippen LogP contribution in [0, 0.1) is 5.41 Å². The standard InChI is InChI=1S/C41H62N6O8/c1-39(2,3)53-36(49)44-33(42)30-22-24-32(25-23-30)52-29-19-18-28-47(34(48)31-20-14-13-15-21-31)27-17-12-10-11-16-26-43-35(45-37(50)54-40(4,5)6)46-38(51)55-41(7,8)9/h13-15,20-25H,10-12,16-19,26-29H2,1-9H3,(H2,42,44,49)(H2,43,45,46,50,51). The molecular formula is C41H62N6O8. The Morgan fingerprint density at radius 3 is 1.60 bits per heavy atom. The van der Waals surface area contributed by atoms with Gasteiger partial charge in [0, 0.05) is 30.8 Å². The lowest BCUT2D eigenvalue weighted by atomic mass is 10.1. The van der Waals surface area contributed by atoms with E-state index in [4.69, 9.17) is 24.4 Å². The van der Waals surface area contributed by atoms with Crippen LogP contribution >= 0.6 is 0 Å². The lowest BCUT2D eigenvalue weighted by Gasteiger charge is -2.23. The molecule has 2 rings (SSSR count). The third kappa shape index (κ3) is 21.4. The van der Waals surface area contributed by atoms with Crippen LogP contribution in [0.25, 0.3) is 0 Å². The van der Waals surface area contributed by atoms with Crippen molar-refractivity contribution in [3.05, 3.63) is 65.7 Å². The van der Waals surface area contributed by atoms with Gasteiger partial charge in [0.2, 0.25) is 5.96 Å². The van der Waals surface area contributed by atoms with E-state index in [9.17, 15) is 19.2 Å². The maximum Gasteiger partial charge on any atom is 0.414 e. The summed E-state index contributed by atoms with van der Waals surface area (Å²) in [4.78, 5) is 56.3. The first-order valence-corrected chi connectivity index (χ1v) is 18.9. The average Bonchev–Trinajstić information content (AvgIpc) is 3.06. The number of amides is 4. The molecule has 14 nitrogen and oxygen atoms in total. The molecule has 0 bridgehead atoms. The largest absolute Gasteiger partial charge is 0.494 e. The van der Waals surface area contributed by atoms with E-state index in [2.05, 4.69) is 20.9 Å². The molecule has 2 aromatic rings. The van der Waals surface area contributed by atoms with Crippen LogP contribution in [-0.2, 0) is 14.2 Å². The predicted octanol–water partition coefficient (Wildman–Crippen LogP) is 8.19. The van der Waals surface area contributed by atoms with Gasteiger partial charge < -0.3 is 23.8 Å². The van der Waals surface area contributed by atoms with Gasteiger partial charge in [-0.2, -0.15) is 0 Å². The molecule has 0 saturated carbocycles. The van der Waals surface area contributed by atoms with E-state index >= 15 is 0 Å². The second-order valence-corrected chi connectivity index (χ2v) is 16.0. The van der Waals surface area contributed by atoms with Gasteiger partial charge in [-0.05, 0) is 124 Å². The molecule has 0 aliphatic rings. The zero-order chi connectivity index (χ0) is 41.1. The Morgan fingerprint density at radius 1 is 0.600 bits per heavy atom. The molecule has 0 fully saturated rings. The van der Waals surface area contributed by atoms with Gasteiger partial charge in [-0.15, -0.1) is 0 Å². The van der Waals surface area contributed by atoms with Crippen LogP contribution in [0.15, 0.2) is 59.6 Å². The number of benzene rings is 2. The second kappa shape index (κ2) is 22.3. The smallest absolute Gasteiger partial charge is 0.414 e. The molecule has 0 unspecified atom stereocenters. The molecule has 0 aliphatic heterocycles. The molecule has 0 radical (unpaired) electrons. The summed E-state index contributed by atoms with van der Waals surface area (Å²) in [6.07, 6.45) is 3.66. The highest BCUT2D eigenvalue weighted by molar-refractivity contribution is 6.04. The molecular weight excluding hydrogens is 704 g/mol. The number of unbranched alkanes of at least 4 members (excludes halogenated alkanes) is 5. The number of aliphatic imine (C=N–C) groups is 1. The van der Waals surface area contributed by atoms with Gasteiger partial charge in [-0.1, -0.05) is 37.5 Å². The summed E-state index contributed by atoms with van der Waals surface area (Å²) in [5.74, 6) is 0.544. The molecule has 0 spiro atoms. The van der Waals surface area contributed by atoms with Crippen LogP contribution in [-0.4, -0.2) is 83.9 Å². The maximum atomic E-state index is 13.4. The van der Waals surface area contributed by atoms with E-state index in [1.54, 1.807) is 86.6 Å². The molecule has 0 heterocycles. The summed E-state index contributed by atoms with van der Waals surface area (Å²) in [6.45, 7) is 17.8. The predicted molar refractivity (Wildman–Crippen MR) is 214 cm³/mol. The van der Waals surface area contributed by atoms with Gasteiger partial charge in [0.05, 0.1) is 6.61 Å². The average molecular weight is 767 g/mol. The monoisotopic (exact) mass is 766 g/mol. The number of nitrogens with one attached hydrogen (secondary N) is 4. The van der Waals surface area contributed by atoms with Crippen molar-refractivity contribution in [1.82, 2.24) is 20.9 Å². The second-order valence-electron chi connectivity index (χ2n) is 16.0. The first-order valence-electron chi connectivity index (χ1n) is 18.9. The van der Waals surface area contributed by atoms with Crippen LogP contribution in [0.3, 0.4) is 0 Å². The van der Waals surface area contributed by atoms with Gasteiger partial charge in [0.1, 0.15) is 28.4 Å². The van der Waals surface area contributed by atoms with Gasteiger partial charge in [0.25, 0.3) is 5.91 Å². The zero-order valence-electron chi connectivity index (χ0n) is 34.1. The third-order valence-electron chi connectivity index (χ3n) is 7.26. The fourth-order valence-corrected chi connectivity index (χ4v) is 4.92. The highest BCUT2D eigenvalue weighted by Gasteiger charge is 2.22. The lowest BCUT2D eigenvalue weighted by molar-refractivity contribution is 0.0534. The molecule has 4 amide bonds. The van der Waals surface area contributed by atoms with E-state index < -0.39 is 35.1 Å². The topological polar surface area (TPSA) is 181 Å². The van der Waals surface area contributed by atoms with Crippen molar-refractivity contribution >= 4 is 36.0 Å². The van der Waals surface area contributed by atoms with Gasteiger partial charge >= 0.3 is 18.3 Å². The highest BCUT2D eigenvalue weighted by atomic mass is 16.6. The number of guanidine groups is 1. The van der Waals surface area contributed by atoms with Crippen molar-refractivity contribution in [1.29, 1.82) is 5.41 Å². The molecule has 2 aromatic carbocycles. The van der Waals surface area contributed by atoms with Crippen molar-refractivity contribution in [3.63, 3.8) is 0 Å². The number of rotatable bonds is 16. The summed E-state index contributed by atoms with van der Waals surface area (Å²) in [6, 6.07) is 16.2. The summed E-state index contributed by atoms with van der Waals surface area (Å²) in [5.41, 5.74) is -0.917. The molecule has 55 heavy (non-hydrogen) atoms. The Labute approximate surface area is 326 Å². The van der Waals surface area contributed by atoms with Crippen LogP contribution in [0.2, 0.25) is 0 Å². The molecule has 0 aliphatic carbocycles. The van der Waals surface area contributed by atoms with Gasteiger partial charge in [0.15, 0.2) is 0 Å². The van der Waals surface area contributed by atoms with Crippen molar-refractivity contribution in [3.8, 4) is 5.75 Å². The number of ether oxygens (including phenoxy) is 4. The number of hydrogen-bond donors (Lipinski definition) is 4. The number of amidine groups is 1. The lowest BCUT2D eigenvalue weighted by Crippen LogP contribution is -2.47. The first kappa shape index (κ1) is 46.0. The zero-order valence-corrected chi connectivity index (χ0v) is 34.1. The Bertz CT molecular complexity index is 1530. The van der Waals surface area contributed by atoms with E-state index in [-0.39, 0.29) is 17.7 Å². The summed E-state index contributed by atoms with van der Waals surface area (Å²) in [7, 11) is 0. The normalized spacial score (nSPS) is 11.4. The maximum absolute atomic E-state index is 13.4. The minimum Gasteiger partial charge on any atom is -0.494 e. The van der Waals surface area contributed by atoms with Crippen LogP contribution in [0.4, 0.5) is 14.4 Å². The summed E-state index contributed by atoms with van der Waals surface area (Å²) < 4.78 is 21.7. The summed E-state index contributed by atoms with van der Waals surface area (Å²) in [5, 5.41) is 15.6. The Hall–Kier alpha value is -5.14. The number of alkyl carbamates (subject to hydrolysis) is 3. The molecule has 0 saturated heterocycles. The molecule has 14 heteroatoms. The van der Waals surface area contributed by atoms with Gasteiger partial charge in [-0.3, -0.25) is 31.1 Å². The molecule has 304 valence electrons. The van der Waals surface area contributed by atoms with E-state index in [1.165, 1.54) is 0 Å². The third-order valence-corrected chi connectivity index (χ3v) is 7.26. The SMILES string of the molecule is CC(C)(C)OC(=O)NC(=N)c1ccc(OCCCCN(CCCCCCCN=C(NC(=O)OC(C)(C)C)NC(=O)OC(C)(C)C)C(=O)c2ccccc2)cc1. The van der Waals surface area contributed by atoms with Crippen LogP contribution in [0.1, 0.15) is 123 Å². The minimum atomic E-state index is -0.732. The van der Waals surface area contributed by atoms with Gasteiger partial charge in [-0.25, -0.2) is 14.4 Å². The number of carbonyl (C=O) groups is 4. The van der Waals surface area contributed by atoms with E-state index in [0.717, 1.165) is 44.9 Å². The van der Waals surface area contributed by atoms with E-state index in [0.29, 0.717) is 43.1 Å². The Kier molecular flexibility index (Phi) is 18.6. The Balaban J connectivity index is 1.82. The number of carbonyl (C=O) groups excluding carboxylic acids is 4. The van der Waals surface area contributed by atoms with Crippen molar-refractivity contribution in [2.75, 3.05) is 26.2 Å². The minimum absolute atomic E-state index is 0.00334. The molecule has 4 N–H and O–H groups in total. The quantitative estimate of drug-likeness (QED) is 0.0571. The molecule has 0 aromatic heterocycles. The Morgan fingerprint density at radius 2 is 1.07 bits per heavy atom. The fraction of sp³-hybridized carbons (Fsp3) is 0.561. The van der Waals surface area contributed by atoms with Crippen molar-refractivity contribution < 1.29 is 38.1 Å². The first-order chi connectivity index (χ1) is 25.7. The molecule has 0 atom stereocenters. The highest BCUT2D eigenvalue weighted by Crippen LogP contribution is 2.15. The van der Waals surface area contributed by atoms with Crippen molar-refractivity contribution in [2.45, 2.75) is 124 Å². The van der Waals surface area contributed by atoms with Crippen LogP contribution < -0.4 is 20.7 Å². The fourth-order valence-electron chi connectivity index (χ4n) is 4.92. The van der Waals surface area contributed by atoms with E-state index in [1.807, 2.05) is 35.2 Å². The van der Waals surface area contributed by atoms with Crippen molar-refractivity contribution in [2.24, 2.45) is 4.99 Å². The summed E-state index contributed by atoms with van der Waals surface area (Å²) >= 11 is 0.